The van der Waals surface area contributed by atoms with Gasteiger partial charge >= 0.3 is 0 Å². The molecule has 7 nitrogen and oxygen atoms in total. The van der Waals surface area contributed by atoms with Crippen molar-refractivity contribution in [1.82, 2.24) is 20.0 Å². The Kier molecular flexibility index (Phi) is 7.44. The maximum atomic E-state index is 12.8. The minimum Gasteiger partial charge on any atom is -0.383 e. The van der Waals surface area contributed by atoms with Gasteiger partial charge in [0.05, 0.1) is 17.8 Å². The van der Waals surface area contributed by atoms with Crippen molar-refractivity contribution < 1.29 is 14.3 Å². The predicted molar refractivity (Wildman–Crippen MR) is 123 cm³/mol. The Morgan fingerprint density at radius 3 is 2.65 bits per heavy atom. The van der Waals surface area contributed by atoms with Gasteiger partial charge in [-0.2, -0.15) is 5.10 Å². The number of ether oxygens (including phenoxy) is 1. The molecule has 2 aromatic carbocycles. The number of para-hydroxylation sites is 1. The van der Waals surface area contributed by atoms with Crippen molar-refractivity contribution in [3.05, 3.63) is 65.4 Å². The molecule has 4 rings (SSSR count). The third-order valence-corrected chi connectivity index (χ3v) is 5.26. The molecule has 0 radical (unpaired) electrons. The van der Waals surface area contributed by atoms with Crippen molar-refractivity contribution in [2.24, 2.45) is 0 Å². The number of hydrogen-bond acceptors (Lipinski definition) is 4. The fraction of sp³-hybridized carbons (Fsp3) is 0.261. The number of nitrogens with one attached hydrogen (secondary N) is 1. The van der Waals surface area contributed by atoms with Crippen molar-refractivity contribution in [2.75, 3.05) is 39.9 Å². The number of benzene rings is 2. The number of carbonyl (C=O) groups excluding carboxylic acids is 2. The lowest BCUT2D eigenvalue weighted by Gasteiger charge is -2.34. The zero-order chi connectivity index (χ0) is 20.9. The van der Waals surface area contributed by atoms with E-state index in [0.717, 1.165) is 22.2 Å². The highest BCUT2D eigenvalue weighted by atomic mass is 35.5. The lowest BCUT2D eigenvalue weighted by molar-refractivity contribution is -0.135. The molecule has 2 amide bonds. The minimum absolute atomic E-state index is 0. The topological polar surface area (TPSA) is 78.5 Å². The van der Waals surface area contributed by atoms with E-state index in [9.17, 15) is 9.59 Å². The molecule has 0 atom stereocenters. The number of carbonyl (C=O) groups is 2. The summed E-state index contributed by atoms with van der Waals surface area (Å²) in [4.78, 5) is 28.4. The summed E-state index contributed by atoms with van der Waals surface area (Å²) in [5.74, 6) is -0.166. The summed E-state index contributed by atoms with van der Waals surface area (Å²) in [7, 11) is 1.61. The molecule has 162 valence electrons. The van der Waals surface area contributed by atoms with Gasteiger partial charge in [0.1, 0.15) is 6.54 Å². The van der Waals surface area contributed by atoms with Crippen molar-refractivity contribution in [1.29, 1.82) is 0 Å². The van der Waals surface area contributed by atoms with E-state index in [1.54, 1.807) is 29.0 Å². The quantitative estimate of drug-likeness (QED) is 0.638. The molecule has 0 bridgehead atoms. The molecule has 1 fully saturated rings. The highest BCUT2D eigenvalue weighted by Crippen LogP contribution is 2.18. The Bertz CT molecular complexity index is 1080. The number of nitrogens with zero attached hydrogens (tertiary/aromatic N) is 3. The van der Waals surface area contributed by atoms with E-state index in [-0.39, 0.29) is 30.8 Å². The van der Waals surface area contributed by atoms with Crippen LogP contribution in [0, 0.1) is 0 Å². The number of rotatable bonds is 6. The standard InChI is InChI=1S/C23H24N4O3.ClH/c1-30-15-14-26-12-13-27(16-22(26)28)23(29)18-9-6-17(7-10-18)8-11-21-19-4-2-3-5-20(19)24-25-21;/h2-11H,12-16H2,1H3,(H,24,25);1H. The van der Waals surface area contributed by atoms with Gasteiger partial charge < -0.3 is 14.5 Å². The maximum absolute atomic E-state index is 12.8. The molecule has 1 aliphatic rings. The zero-order valence-electron chi connectivity index (χ0n) is 17.3. The van der Waals surface area contributed by atoms with Crippen LogP contribution in [0.3, 0.4) is 0 Å². The second-order valence-electron chi connectivity index (χ2n) is 7.21. The Labute approximate surface area is 187 Å². The molecule has 0 spiro atoms. The van der Waals surface area contributed by atoms with Gasteiger partial charge in [-0.3, -0.25) is 14.7 Å². The van der Waals surface area contributed by atoms with Gasteiger partial charge in [0, 0.05) is 37.7 Å². The van der Waals surface area contributed by atoms with Crippen molar-refractivity contribution in [3.63, 3.8) is 0 Å². The fourth-order valence-electron chi connectivity index (χ4n) is 3.53. The maximum Gasteiger partial charge on any atom is 0.254 e. The molecule has 0 aliphatic carbocycles. The average molecular weight is 441 g/mol. The smallest absolute Gasteiger partial charge is 0.254 e. The van der Waals surface area contributed by atoms with Crippen LogP contribution in [-0.2, 0) is 9.53 Å². The average Bonchev–Trinajstić information content (AvgIpc) is 3.20. The van der Waals surface area contributed by atoms with Crippen LogP contribution in [0.1, 0.15) is 21.6 Å². The van der Waals surface area contributed by atoms with Crippen LogP contribution < -0.4 is 0 Å². The van der Waals surface area contributed by atoms with Gasteiger partial charge in [-0.15, -0.1) is 12.4 Å². The largest absolute Gasteiger partial charge is 0.383 e. The lowest BCUT2D eigenvalue weighted by atomic mass is 10.1. The number of methoxy groups -OCH3 is 1. The lowest BCUT2D eigenvalue weighted by Crippen LogP contribution is -2.52. The summed E-state index contributed by atoms with van der Waals surface area (Å²) in [6, 6.07) is 15.4. The summed E-state index contributed by atoms with van der Waals surface area (Å²) in [5.41, 5.74) is 3.42. The van der Waals surface area contributed by atoms with Crippen LogP contribution in [0.2, 0.25) is 0 Å². The molecular weight excluding hydrogens is 416 g/mol. The van der Waals surface area contributed by atoms with Crippen LogP contribution in [0.5, 0.6) is 0 Å². The number of aromatic nitrogens is 2. The summed E-state index contributed by atoms with van der Waals surface area (Å²) in [6.07, 6.45) is 3.92. The van der Waals surface area contributed by atoms with E-state index in [1.807, 2.05) is 48.6 Å². The van der Waals surface area contributed by atoms with Crippen LogP contribution in [-0.4, -0.2) is 71.7 Å². The summed E-state index contributed by atoms with van der Waals surface area (Å²) >= 11 is 0. The van der Waals surface area contributed by atoms with Crippen molar-refractivity contribution in [3.8, 4) is 0 Å². The monoisotopic (exact) mass is 440 g/mol. The third-order valence-electron chi connectivity index (χ3n) is 5.26. The molecule has 1 aromatic heterocycles. The second kappa shape index (κ2) is 10.2. The van der Waals surface area contributed by atoms with Gasteiger partial charge in [-0.25, -0.2) is 0 Å². The first-order chi connectivity index (χ1) is 14.7. The van der Waals surface area contributed by atoms with Gasteiger partial charge in [0.2, 0.25) is 5.91 Å². The number of amides is 2. The SMILES string of the molecule is COCCN1CCN(C(=O)c2ccc(C=Cc3n[nH]c4ccccc34)cc2)CC1=O.Cl. The van der Waals surface area contributed by atoms with Crippen LogP contribution in [0.4, 0.5) is 0 Å². The molecule has 0 saturated carbocycles. The van der Waals surface area contributed by atoms with Crippen molar-refractivity contribution in [2.45, 2.75) is 0 Å². The van der Waals surface area contributed by atoms with Crippen LogP contribution in [0.25, 0.3) is 23.1 Å². The highest BCUT2D eigenvalue weighted by molar-refractivity contribution is 5.97. The normalized spacial score (nSPS) is 14.3. The van der Waals surface area contributed by atoms with Gasteiger partial charge in [0.15, 0.2) is 0 Å². The predicted octanol–water partition coefficient (Wildman–Crippen LogP) is 3.09. The van der Waals surface area contributed by atoms with Gasteiger partial charge in [-0.1, -0.05) is 36.4 Å². The molecule has 8 heteroatoms. The van der Waals surface area contributed by atoms with E-state index in [4.69, 9.17) is 4.74 Å². The van der Waals surface area contributed by atoms with E-state index >= 15 is 0 Å². The zero-order valence-corrected chi connectivity index (χ0v) is 18.1. The first kappa shape index (κ1) is 22.5. The van der Waals surface area contributed by atoms with E-state index in [2.05, 4.69) is 10.2 Å². The molecule has 1 aliphatic heterocycles. The Balaban J connectivity index is 0.00000272. The molecule has 2 heterocycles. The molecular formula is C23H25ClN4O3. The molecule has 1 saturated heterocycles. The Hall–Kier alpha value is -3.16. The first-order valence-electron chi connectivity index (χ1n) is 9.93. The van der Waals surface area contributed by atoms with Gasteiger partial charge in [0.25, 0.3) is 5.91 Å². The highest BCUT2D eigenvalue weighted by Gasteiger charge is 2.27. The molecule has 1 N–H and O–H groups in total. The second-order valence-corrected chi connectivity index (χ2v) is 7.21. The minimum atomic E-state index is -0.122. The van der Waals surface area contributed by atoms with E-state index < -0.39 is 0 Å². The molecule has 0 unspecified atom stereocenters. The number of aromatic amines is 1. The number of piperazine rings is 1. The number of halogens is 1. The van der Waals surface area contributed by atoms with Crippen molar-refractivity contribution >= 4 is 47.3 Å². The fourth-order valence-corrected chi connectivity index (χ4v) is 3.53. The number of H-pyrrole nitrogens is 1. The Morgan fingerprint density at radius 2 is 1.90 bits per heavy atom. The first-order valence-corrected chi connectivity index (χ1v) is 9.93. The summed E-state index contributed by atoms with van der Waals surface area (Å²) < 4.78 is 5.03. The van der Waals surface area contributed by atoms with Gasteiger partial charge in [-0.05, 0) is 29.8 Å². The summed E-state index contributed by atoms with van der Waals surface area (Å²) in [5, 5.41) is 8.41. The summed E-state index contributed by atoms with van der Waals surface area (Å²) in [6.45, 7) is 2.23. The van der Waals surface area contributed by atoms with E-state index in [1.165, 1.54) is 0 Å². The Morgan fingerprint density at radius 1 is 1.13 bits per heavy atom. The third kappa shape index (κ3) is 5.13. The van der Waals surface area contributed by atoms with Crippen LogP contribution in [0.15, 0.2) is 48.5 Å². The number of hydrogen-bond donors (Lipinski definition) is 1. The molecule has 31 heavy (non-hydrogen) atoms. The number of fused-ring (bicyclic) bond motifs is 1. The molecule has 3 aromatic rings. The van der Waals surface area contributed by atoms with E-state index in [0.29, 0.717) is 31.8 Å². The van der Waals surface area contributed by atoms with Crippen LogP contribution >= 0.6 is 12.4 Å².